The highest BCUT2D eigenvalue weighted by molar-refractivity contribution is 7.13. The monoisotopic (exact) mass is 371 g/mol. The third kappa shape index (κ3) is 4.72. The summed E-state index contributed by atoms with van der Waals surface area (Å²) >= 11 is 1.22. The SMILES string of the molecule is O=C1C=C(O)CC(c2cnc(Oc3ccc(OC(F)(F)F)cc3)s2)C1. The van der Waals surface area contributed by atoms with E-state index in [4.69, 9.17) is 4.74 Å². The van der Waals surface area contributed by atoms with Gasteiger partial charge in [-0.15, -0.1) is 13.2 Å². The Kier molecular flexibility index (Phi) is 4.67. The second-order valence-electron chi connectivity index (χ2n) is 5.36. The molecular formula is C16H12F3NO4S. The summed E-state index contributed by atoms with van der Waals surface area (Å²) in [7, 11) is 0. The van der Waals surface area contributed by atoms with Crippen molar-refractivity contribution in [2.75, 3.05) is 0 Å². The number of ketones is 1. The van der Waals surface area contributed by atoms with Crippen LogP contribution in [0.4, 0.5) is 13.2 Å². The van der Waals surface area contributed by atoms with Crippen LogP contribution < -0.4 is 9.47 Å². The minimum atomic E-state index is -4.75. The van der Waals surface area contributed by atoms with Gasteiger partial charge in [0, 0.05) is 35.9 Å². The molecule has 3 rings (SSSR count). The maximum Gasteiger partial charge on any atom is 0.573 e. The quantitative estimate of drug-likeness (QED) is 0.842. The van der Waals surface area contributed by atoms with E-state index < -0.39 is 6.36 Å². The number of alkyl halides is 3. The number of aromatic nitrogens is 1. The number of ether oxygens (including phenoxy) is 2. The Labute approximate surface area is 144 Å². The molecule has 0 aliphatic heterocycles. The molecule has 9 heteroatoms. The molecule has 132 valence electrons. The Morgan fingerprint density at radius 3 is 2.48 bits per heavy atom. The van der Waals surface area contributed by atoms with E-state index in [0.717, 1.165) is 17.0 Å². The molecule has 0 saturated heterocycles. The number of carbonyl (C=O) groups is 1. The molecule has 1 aromatic heterocycles. The van der Waals surface area contributed by atoms with Crippen molar-refractivity contribution in [3.05, 3.63) is 47.2 Å². The fourth-order valence-corrected chi connectivity index (χ4v) is 3.27. The lowest BCUT2D eigenvalue weighted by atomic mass is 9.91. The standard InChI is InChI=1S/C16H12F3NO4S/c17-16(18,19)24-13-3-1-12(2-4-13)23-15-20-8-14(25-15)9-5-10(21)7-11(22)6-9/h1-4,7-9,21H,5-6H2. The Morgan fingerprint density at radius 1 is 1.16 bits per heavy atom. The van der Waals surface area contributed by atoms with Crippen LogP contribution in [0.25, 0.3) is 0 Å². The first kappa shape index (κ1) is 17.3. The van der Waals surface area contributed by atoms with Gasteiger partial charge in [-0.25, -0.2) is 4.98 Å². The van der Waals surface area contributed by atoms with E-state index in [2.05, 4.69) is 9.72 Å². The van der Waals surface area contributed by atoms with Gasteiger partial charge in [0.25, 0.3) is 5.19 Å². The second-order valence-corrected chi connectivity index (χ2v) is 6.38. The van der Waals surface area contributed by atoms with Crippen LogP contribution in [0.15, 0.2) is 42.3 Å². The van der Waals surface area contributed by atoms with E-state index in [9.17, 15) is 23.1 Å². The van der Waals surface area contributed by atoms with Gasteiger partial charge in [0.2, 0.25) is 0 Å². The highest BCUT2D eigenvalue weighted by Gasteiger charge is 2.31. The summed E-state index contributed by atoms with van der Waals surface area (Å²) < 4.78 is 45.6. The molecule has 0 fully saturated rings. The Morgan fingerprint density at radius 2 is 1.84 bits per heavy atom. The number of nitrogens with zero attached hydrogens (tertiary/aromatic N) is 1. The van der Waals surface area contributed by atoms with Crippen LogP contribution in [-0.2, 0) is 4.79 Å². The average molecular weight is 371 g/mol. The van der Waals surface area contributed by atoms with Crippen LogP contribution in [0.1, 0.15) is 23.6 Å². The van der Waals surface area contributed by atoms with Crippen LogP contribution in [0, 0.1) is 0 Å². The van der Waals surface area contributed by atoms with Crippen LogP contribution >= 0.6 is 11.3 Å². The Balaban J connectivity index is 1.65. The molecule has 0 spiro atoms. The lowest BCUT2D eigenvalue weighted by Crippen LogP contribution is -2.16. The topological polar surface area (TPSA) is 68.7 Å². The van der Waals surface area contributed by atoms with E-state index in [1.807, 2.05) is 0 Å². The van der Waals surface area contributed by atoms with Crippen molar-refractivity contribution in [1.82, 2.24) is 4.98 Å². The zero-order valence-corrected chi connectivity index (χ0v) is 13.4. The van der Waals surface area contributed by atoms with Crippen molar-refractivity contribution < 1.29 is 32.5 Å². The number of aliphatic hydroxyl groups is 1. The number of benzene rings is 1. The van der Waals surface area contributed by atoms with Crippen LogP contribution in [0.2, 0.25) is 0 Å². The molecule has 0 bridgehead atoms. The highest BCUT2D eigenvalue weighted by atomic mass is 32.1. The lowest BCUT2D eigenvalue weighted by molar-refractivity contribution is -0.274. The summed E-state index contributed by atoms with van der Waals surface area (Å²) in [5.74, 6) is -0.308. The van der Waals surface area contributed by atoms with Crippen molar-refractivity contribution in [1.29, 1.82) is 0 Å². The molecule has 2 aromatic rings. The van der Waals surface area contributed by atoms with Crippen molar-refractivity contribution in [2.45, 2.75) is 25.1 Å². The van der Waals surface area contributed by atoms with Gasteiger partial charge in [-0.1, -0.05) is 11.3 Å². The Hall–Kier alpha value is -2.55. The van der Waals surface area contributed by atoms with Gasteiger partial charge in [-0.2, -0.15) is 0 Å². The number of allylic oxidation sites excluding steroid dienone is 2. The molecule has 1 aliphatic carbocycles. The number of hydrogen-bond donors (Lipinski definition) is 1. The van der Waals surface area contributed by atoms with Gasteiger partial charge in [0.05, 0.1) is 5.76 Å². The predicted octanol–water partition coefficient (Wildman–Crippen LogP) is 4.72. The van der Waals surface area contributed by atoms with Crippen LogP contribution in [0.5, 0.6) is 16.7 Å². The minimum Gasteiger partial charge on any atom is -0.512 e. The summed E-state index contributed by atoms with van der Waals surface area (Å²) in [6.07, 6.45) is -1.31. The van der Waals surface area contributed by atoms with Crippen molar-refractivity contribution in [3.8, 4) is 16.7 Å². The van der Waals surface area contributed by atoms with Gasteiger partial charge in [0.1, 0.15) is 11.5 Å². The Bertz CT molecular complexity index is 798. The number of halogens is 3. The van der Waals surface area contributed by atoms with Crippen LogP contribution in [-0.4, -0.2) is 22.2 Å². The van der Waals surface area contributed by atoms with Crippen LogP contribution in [0.3, 0.4) is 0 Å². The van der Waals surface area contributed by atoms with E-state index in [1.165, 1.54) is 29.5 Å². The van der Waals surface area contributed by atoms with Gasteiger partial charge in [-0.05, 0) is 24.3 Å². The van der Waals surface area contributed by atoms with E-state index in [1.54, 1.807) is 6.20 Å². The number of aliphatic hydroxyl groups excluding tert-OH is 1. The van der Waals surface area contributed by atoms with Crippen molar-refractivity contribution >= 4 is 17.1 Å². The van der Waals surface area contributed by atoms with E-state index in [-0.39, 0.29) is 29.6 Å². The summed E-state index contributed by atoms with van der Waals surface area (Å²) in [6, 6.07) is 4.95. The first-order valence-electron chi connectivity index (χ1n) is 7.20. The summed E-state index contributed by atoms with van der Waals surface area (Å²) in [5, 5.41) is 9.85. The number of thiazole rings is 1. The maximum absolute atomic E-state index is 12.1. The molecule has 0 radical (unpaired) electrons. The summed E-state index contributed by atoms with van der Waals surface area (Å²) in [4.78, 5) is 16.4. The zero-order chi connectivity index (χ0) is 18.0. The smallest absolute Gasteiger partial charge is 0.512 e. The molecule has 1 aliphatic rings. The third-order valence-electron chi connectivity index (χ3n) is 3.40. The average Bonchev–Trinajstić information content (AvgIpc) is 2.95. The molecule has 0 saturated carbocycles. The molecule has 5 nitrogen and oxygen atoms in total. The second kappa shape index (κ2) is 6.75. The van der Waals surface area contributed by atoms with Gasteiger partial charge in [0.15, 0.2) is 5.78 Å². The minimum absolute atomic E-state index is 0.0392. The normalized spacial score (nSPS) is 18.0. The van der Waals surface area contributed by atoms with Gasteiger partial charge < -0.3 is 14.6 Å². The molecule has 1 atom stereocenters. The summed E-state index contributed by atoms with van der Waals surface area (Å²) in [6.45, 7) is 0. The van der Waals surface area contributed by atoms with E-state index in [0.29, 0.717) is 17.4 Å². The van der Waals surface area contributed by atoms with E-state index >= 15 is 0 Å². The number of hydrogen-bond acceptors (Lipinski definition) is 6. The molecule has 1 heterocycles. The fourth-order valence-electron chi connectivity index (χ4n) is 2.39. The predicted molar refractivity (Wildman–Crippen MR) is 83.0 cm³/mol. The lowest BCUT2D eigenvalue weighted by Gasteiger charge is -2.16. The molecule has 25 heavy (non-hydrogen) atoms. The zero-order valence-electron chi connectivity index (χ0n) is 12.6. The largest absolute Gasteiger partial charge is 0.573 e. The van der Waals surface area contributed by atoms with Crippen molar-refractivity contribution in [3.63, 3.8) is 0 Å². The first-order chi connectivity index (χ1) is 11.8. The third-order valence-corrected chi connectivity index (χ3v) is 4.44. The molecule has 1 N–H and O–H groups in total. The maximum atomic E-state index is 12.1. The van der Waals surface area contributed by atoms with Gasteiger partial charge in [-0.3, -0.25) is 4.79 Å². The van der Waals surface area contributed by atoms with Gasteiger partial charge >= 0.3 is 6.36 Å². The fraction of sp³-hybridized carbons (Fsp3) is 0.250. The first-order valence-corrected chi connectivity index (χ1v) is 8.02. The van der Waals surface area contributed by atoms with Crippen molar-refractivity contribution in [2.24, 2.45) is 0 Å². The summed E-state index contributed by atoms with van der Waals surface area (Å²) in [5.41, 5.74) is 0. The number of rotatable bonds is 4. The molecular weight excluding hydrogens is 359 g/mol. The molecule has 0 amide bonds. The molecule has 1 aromatic carbocycles. The number of carbonyl (C=O) groups excluding carboxylic acids is 1. The molecule has 1 unspecified atom stereocenters. The highest BCUT2D eigenvalue weighted by Crippen LogP contribution is 2.37.